The third-order valence-electron chi connectivity index (χ3n) is 6.22. The van der Waals surface area contributed by atoms with E-state index in [0.29, 0.717) is 40.1 Å². The van der Waals surface area contributed by atoms with Gasteiger partial charge in [0.2, 0.25) is 5.75 Å². The second-order valence-corrected chi connectivity index (χ2v) is 10.6. The number of methoxy groups -OCH3 is 3. The third kappa shape index (κ3) is 7.80. The van der Waals surface area contributed by atoms with Gasteiger partial charge in [0.1, 0.15) is 0 Å². The van der Waals surface area contributed by atoms with Crippen LogP contribution in [0, 0.1) is 0 Å². The predicted molar refractivity (Wildman–Crippen MR) is 145 cm³/mol. The Hall–Kier alpha value is -2.39. The molecule has 8 nitrogen and oxygen atoms in total. The quantitative estimate of drug-likeness (QED) is 0.310. The fraction of sp³-hybridized carbons (Fsp3) is 0.519. The molecule has 206 valence electrons. The molecular weight excluding hydrogens is 521 g/mol. The Morgan fingerprint density at radius 2 is 1.59 bits per heavy atom. The van der Waals surface area contributed by atoms with Crippen LogP contribution in [-0.4, -0.2) is 67.8 Å². The Bertz CT molecular complexity index is 1030. The van der Waals surface area contributed by atoms with Crippen molar-refractivity contribution in [2.24, 2.45) is 0 Å². The van der Waals surface area contributed by atoms with Crippen molar-refractivity contribution in [3.8, 4) is 17.2 Å². The van der Waals surface area contributed by atoms with Gasteiger partial charge in [0.25, 0.3) is 0 Å². The number of aliphatic hydroxyl groups excluding tert-OH is 1. The molecule has 0 fully saturated rings. The minimum absolute atomic E-state index is 0.0570. The Morgan fingerprint density at radius 1 is 0.973 bits per heavy atom. The zero-order chi connectivity index (χ0) is 27.8. The van der Waals surface area contributed by atoms with Crippen LogP contribution in [0.15, 0.2) is 30.3 Å². The van der Waals surface area contributed by atoms with Crippen molar-refractivity contribution >= 4 is 29.3 Å². The molecule has 0 aliphatic heterocycles. The number of halogens is 2. The van der Waals surface area contributed by atoms with Crippen molar-refractivity contribution in [3.63, 3.8) is 0 Å². The molecule has 0 spiro atoms. The highest BCUT2D eigenvalue weighted by Gasteiger charge is 2.40. The third-order valence-corrected chi connectivity index (χ3v) is 6.96. The van der Waals surface area contributed by atoms with Gasteiger partial charge in [0, 0.05) is 24.1 Å². The topological polar surface area (TPSA) is 97.7 Å². The molecule has 0 aliphatic rings. The first kappa shape index (κ1) is 30.8. The fourth-order valence-corrected chi connectivity index (χ4v) is 4.53. The lowest BCUT2D eigenvalue weighted by molar-refractivity contribution is 0.0257. The van der Waals surface area contributed by atoms with Gasteiger partial charge in [-0.25, -0.2) is 4.79 Å². The minimum atomic E-state index is -1.05. The average molecular weight is 558 g/mol. The SMILES string of the molecule is COc1cc(COC[C@](CCCO)(CN(C(=O)O)C(C)(C)C)c2ccc(Cl)c(Cl)c2)cc(OC)c1OC. The summed E-state index contributed by atoms with van der Waals surface area (Å²) in [4.78, 5) is 13.7. The van der Waals surface area contributed by atoms with E-state index in [0.717, 1.165) is 11.1 Å². The maximum absolute atomic E-state index is 12.3. The van der Waals surface area contributed by atoms with E-state index in [1.54, 1.807) is 38.5 Å². The number of amides is 1. The summed E-state index contributed by atoms with van der Waals surface area (Å²) in [5.41, 5.74) is 0.0633. The van der Waals surface area contributed by atoms with E-state index in [1.807, 2.05) is 26.8 Å². The van der Waals surface area contributed by atoms with Crippen molar-refractivity contribution < 1.29 is 34.0 Å². The molecular formula is C27H37Cl2NO7. The molecule has 37 heavy (non-hydrogen) atoms. The second-order valence-electron chi connectivity index (χ2n) is 9.80. The number of ether oxygens (including phenoxy) is 4. The molecule has 0 bridgehead atoms. The summed E-state index contributed by atoms with van der Waals surface area (Å²) in [6.45, 7) is 5.93. The van der Waals surface area contributed by atoms with Crippen molar-refractivity contribution in [3.05, 3.63) is 51.5 Å². The van der Waals surface area contributed by atoms with E-state index < -0.39 is 17.0 Å². The molecule has 2 aromatic rings. The van der Waals surface area contributed by atoms with Gasteiger partial charge in [-0.1, -0.05) is 29.3 Å². The van der Waals surface area contributed by atoms with Gasteiger partial charge < -0.3 is 34.1 Å². The highest BCUT2D eigenvalue weighted by atomic mass is 35.5. The Morgan fingerprint density at radius 3 is 2.05 bits per heavy atom. The maximum atomic E-state index is 12.3. The number of hydrogen-bond acceptors (Lipinski definition) is 6. The van der Waals surface area contributed by atoms with Crippen LogP contribution in [0.5, 0.6) is 17.2 Å². The van der Waals surface area contributed by atoms with Crippen LogP contribution in [0.25, 0.3) is 0 Å². The summed E-state index contributed by atoms with van der Waals surface area (Å²) < 4.78 is 22.5. The highest BCUT2D eigenvalue weighted by Crippen LogP contribution is 2.40. The molecule has 0 unspecified atom stereocenters. The van der Waals surface area contributed by atoms with Gasteiger partial charge in [-0.2, -0.15) is 0 Å². The molecule has 2 rings (SSSR count). The van der Waals surface area contributed by atoms with Gasteiger partial charge in [0.05, 0.1) is 44.6 Å². The summed E-state index contributed by atoms with van der Waals surface area (Å²) in [6, 6.07) is 8.86. The van der Waals surface area contributed by atoms with Gasteiger partial charge >= 0.3 is 6.09 Å². The lowest BCUT2D eigenvalue weighted by Gasteiger charge is -2.43. The normalized spacial score (nSPS) is 13.1. The van der Waals surface area contributed by atoms with Gasteiger partial charge in [-0.05, 0) is 69.0 Å². The molecule has 2 aromatic carbocycles. The smallest absolute Gasteiger partial charge is 0.407 e. The zero-order valence-electron chi connectivity index (χ0n) is 22.3. The molecule has 2 N–H and O–H groups in total. The molecule has 0 heterocycles. The number of hydrogen-bond donors (Lipinski definition) is 2. The number of nitrogens with zero attached hydrogens (tertiary/aromatic N) is 1. The standard InChI is InChI=1S/C27H37Cl2NO7/c1-26(2,3)30(25(32)33)16-27(10-7-11-31,19-8-9-20(28)21(29)14-19)17-37-15-18-12-22(34-4)24(36-6)23(13-18)35-5/h8-9,12-14,31H,7,10-11,15-17H2,1-6H3,(H,32,33)/t27-/m0/s1. The predicted octanol–water partition coefficient (Wildman–Crippen LogP) is 6.02. The van der Waals surface area contributed by atoms with Crippen LogP contribution >= 0.6 is 23.2 Å². The van der Waals surface area contributed by atoms with Crippen LogP contribution in [0.2, 0.25) is 10.0 Å². The fourth-order valence-electron chi connectivity index (χ4n) is 4.24. The second kappa shape index (κ2) is 13.4. The van der Waals surface area contributed by atoms with Crippen molar-refractivity contribution in [1.29, 1.82) is 0 Å². The minimum Gasteiger partial charge on any atom is -0.493 e. The highest BCUT2D eigenvalue weighted by molar-refractivity contribution is 6.42. The monoisotopic (exact) mass is 557 g/mol. The van der Waals surface area contributed by atoms with E-state index in [9.17, 15) is 15.0 Å². The molecule has 0 saturated heterocycles. The number of carboxylic acid groups (broad SMARTS) is 1. The first-order valence-electron chi connectivity index (χ1n) is 11.9. The van der Waals surface area contributed by atoms with Crippen molar-refractivity contribution in [2.45, 2.75) is 51.2 Å². The van der Waals surface area contributed by atoms with Crippen LogP contribution in [0.4, 0.5) is 4.79 Å². The van der Waals surface area contributed by atoms with Crippen LogP contribution in [0.3, 0.4) is 0 Å². The first-order valence-corrected chi connectivity index (χ1v) is 12.6. The molecule has 1 amide bonds. The lowest BCUT2D eigenvalue weighted by atomic mass is 9.76. The summed E-state index contributed by atoms with van der Waals surface area (Å²) in [7, 11) is 4.62. The number of rotatable bonds is 13. The Labute approximate surface area is 229 Å². The van der Waals surface area contributed by atoms with Crippen LogP contribution < -0.4 is 14.2 Å². The molecule has 0 aliphatic carbocycles. The number of benzene rings is 2. The molecule has 0 saturated carbocycles. The van der Waals surface area contributed by atoms with E-state index in [4.69, 9.17) is 42.1 Å². The lowest BCUT2D eigenvalue weighted by Crippen LogP contribution is -2.53. The largest absolute Gasteiger partial charge is 0.493 e. The molecule has 0 radical (unpaired) electrons. The summed E-state index contributed by atoms with van der Waals surface area (Å²) in [6.07, 6.45) is -0.160. The number of carbonyl (C=O) groups is 1. The van der Waals surface area contributed by atoms with E-state index in [-0.39, 0.29) is 26.4 Å². The van der Waals surface area contributed by atoms with Gasteiger partial charge in [0.15, 0.2) is 11.5 Å². The van der Waals surface area contributed by atoms with Gasteiger partial charge in [-0.15, -0.1) is 0 Å². The van der Waals surface area contributed by atoms with Crippen LogP contribution in [0.1, 0.15) is 44.7 Å². The first-order chi connectivity index (χ1) is 17.4. The molecule has 1 atom stereocenters. The summed E-state index contributed by atoms with van der Waals surface area (Å²) >= 11 is 12.6. The number of aliphatic hydroxyl groups is 1. The van der Waals surface area contributed by atoms with E-state index in [2.05, 4.69) is 0 Å². The van der Waals surface area contributed by atoms with Crippen molar-refractivity contribution in [2.75, 3.05) is 41.1 Å². The maximum Gasteiger partial charge on any atom is 0.407 e. The van der Waals surface area contributed by atoms with E-state index >= 15 is 0 Å². The Balaban J connectivity index is 2.50. The van der Waals surface area contributed by atoms with Gasteiger partial charge in [-0.3, -0.25) is 0 Å². The summed E-state index contributed by atoms with van der Waals surface area (Å²) in [5, 5.41) is 20.5. The molecule has 10 heteroatoms. The zero-order valence-corrected chi connectivity index (χ0v) is 23.8. The summed E-state index contributed by atoms with van der Waals surface area (Å²) in [5.74, 6) is 1.48. The van der Waals surface area contributed by atoms with Crippen LogP contribution in [-0.2, 0) is 16.8 Å². The Kier molecular flexibility index (Phi) is 11.2. The van der Waals surface area contributed by atoms with Crippen molar-refractivity contribution in [1.82, 2.24) is 4.90 Å². The van der Waals surface area contributed by atoms with E-state index in [1.165, 1.54) is 12.0 Å². The average Bonchev–Trinajstić information content (AvgIpc) is 2.85. The molecule has 0 aromatic heterocycles.